The predicted octanol–water partition coefficient (Wildman–Crippen LogP) is 2.49. The average Bonchev–Trinajstić information content (AvgIpc) is 2.51. The zero-order valence-corrected chi connectivity index (χ0v) is 14.2. The molecule has 0 aliphatic heterocycles. The second kappa shape index (κ2) is 6.90. The van der Waals surface area contributed by atoms with Crippen molar-refractivity contribution in [2.24, 2.45) is 0 Å². The molecule has 0 aliphatic carbocycles. The molecule has 1 aromatic carbocycles. The van der Waals surface area contributed by atoms with Crippen LogP contribution in [0, 0.1) is 3.57 Å². The van der Waals surface area contributed by atoms with Gasteiger partial charge in [0.15, 0.2) is 17.3 Å². The van der Waals surface area contributed by atoms with E-state index in [1.165, 1.54) is 0 Å². The lowest BCUT2D eigenvalue weighted by Gasteiger charge is -2.11. The Balaban J connectivity index is 2.51. The van der Waals surface area contributed by atoms with Gasteiger partial charge in [0.05, 0.1) is 30.1 Å². The van der Waals surface area contributed by atoms with Crippen LogP contribution in [0.4, 0.5) is 5.82 Å². The molecule has 1 heterocycles. The summed E-state index contributed by atoms with van der Waals surface area (Å²) in [4.78, 5) is 8.83. The second-order valence-corrected chi connectivity index (χ2v) is 5.27. The Kier molecular flexibility index (Phi) is 5.18. The summed E-state index contributed by atoms with van der Waals surface area (Å²) in [5, 5.41) is 0. The number of anilines is 1. The Morgan fingerprint density at radius 2 is 1.81 bits per heavy atom. The molecule has 112 valence electrons. The van der Waals surface area contributed by atoms with Crippen molar-refractivity contribution in [1.82, 2.24) is 9.97 Å². The minimum atomic E-state index is 0.380. The van der Waals surface area contributed by atoms with Gasteiger partial charge in [0.2, 0.25) is 0 Å². The van der Waals surface area contributed by atoms with Crippen molar-refractivity contribution >= 4 is 28.4 Å². The third-order valence-corrected chi connectivity index (χ3v) is 4.04. The quantitative estimate of drug-likeness (QED) is 0.776. The minimum absolute atomic E-state index is 0.380. The molecule has 0 aliphatic rings. The highest BCUT2D eigenvalue weighted by atomic mass is 127. The van der Waals surface area contributed by atoms with E-state index >= 15 is 0 Å². The maximum atomic E-state index is 5.95. The van der Waals surface area contributed by atoms with E-state index in [1.807, 2.05) is 18.2 Å². The van der Waals surface area contributed by atoms with E-state index in [0.29, 0.717) is 29.7 Å². The highest BCUT2D eigenvalue weighted by molar-refractivity contribution is 14.1. The lowest BCUT2D eigenvalue weighted by molar-refractivity contribution is 0.181. The molecule has 1 aromatic heterocycles. The molecule has 0 bridgehead atoms. The number of hydrogen-bond acceptors (Lipinski definition) is 6. The van der Waals surface area contributed by atoms with E-state index in [1.54, 1.807) is 21.3 Å². The molecule has 0 spiro atoms. The molecule has 0 amide bonds. The van der Waals surface area contributed by atoms with Gasteiger partial charge in [-0.05, 0) is 40.8 Å². The number of nitrogen functional groups attached to an aromatic ring is 1. The van der Waals surface area contributed by atoms with Gasteiger partial charge in [-0.2, -0.15) is 0 Å². The van der Waals surface area contributed by atoms with Crippen molar-refractivity contribution in [3.63, 3.8) is 0 Å². The molecule has 2 N–H and O–H groups in total. The van der Waals surface area contributed by atoms with E-state index in [4.69, 9.17) is 19.9 Å². The third-order valence-electron chi connectivity index (χ3n) is 2.87. The van der Waals surface area contributed by atoms with Crippen LogP contribution in [0.1, 0.15) is 5.69 Å². The van der Waals surface area contributed by atoms with Crippen LogP contribution >= 0.6 is 22.6 Å². The topological polar surface area (TPSA) is 79.5 Å². The van der Waals surface area contributed by atoms with Gasteiger partial charge in [-0.15, -0.1) is 0 Å². The molecule has 0 unspecified atom stereocenters. The highest BCUT2D eigenvalue weighted by Gasteiger charge is 2.13. The van der Waals surface area contributed by atoms with Crippen LogP contribution in [0.5, 0.6) is 11.5 Å². The van der Waals surface area contributed by atoms with E-state index in [9.17, 15) is 0 Å². The molecule has 0 atom stereocenters. The van der Waals surface area contributed by atoms with Crippen molar-refractivity contribution in [2.75, 3.05) is 27.1 Å². The normalized spacial score (nSPS) is 10.5. The van der Waals surface area contributed by atoms with Gasteiger partial charge in [-0.25, -0.2) is 9.97 Å². The zero-order valence-electron chi connectivity index (χ0n) is 12.0. The van der Waals surface area contributed by atoms with Crippen LogP contribution in [0.15, 0.2) is 18.2 Å². The number of hydrogen-bond donors (Lipinski definition) is 1. The van der Waals surface area contributed by atoms with E-state index in [-0.39, 0.29) is 0 Å². The first-order valence-corrected chi connectivity index (χ1v) is 7.21. The van der Waals surface area contributed by atoms with Crippen molar-refractivity contribution in [3.05, 3.63) is 27.5 Å². The van der Waals surface area contributed by atoms with Crippen molar-refractivity contribution < 1.29 is 14.2 Å². The fourth-order valence-electron chi connectivity index (χ4n) is 1.85. The number of aromatic nitrogens is 2. The summed E-state index contributed by atoms with van der Waals surface area (Å²) in [6.07, 6.45) is 0. The van der Waals surface area contributed by atoms with E-state index in [2.05, 4.69) is 32.6 Å². The first-order chi connectivity index (χ1) is 10.1. The Hall–Kier alpha value is -1.61. The number of halogens is 1. The molecule has 0 radical (unpaired) electrons. The molecule has 6 nitrogen and oxygen atoms in total. The molecular formula is C14H16IN3O3. The highest BCUT2D eigenvalue weighted by Crippen LogP contribution is 2.32. The van der Waals surface area contributed by atoms with Gasteiger partial charge in [0, 0.05) is 12.7 Å². The van der Waals surface area contributed by atoms with Crippen molar-refractivity contribution in [3.8, 4) is 22.9 Å². The fourth-order valence-corrected chi connectivity index (χ4v) is 2.25. The molecule has 0 fully saturated rings. The van der Waals surface area contributed by atoms with Crippen LogP contribution in [-0.2, 0) is 11.3 Å². The van der Waals surface area contributed by atoms with Gasteiger partial charge in [0.1, 0.15) is 5.82 Å². The molecule has 7 heteroatoms. The summed E-state index contributed by atoms with van der Waals surface area (Å²) < 4.78 is 16.5. The number of ether oxygens (including phenoxy) is 3. The number of nitrogens with two attached hydrogens (primary N) is 1. The van der Waals surface area contributed by atoms with Gasteiger partial charge in [-0.1, -0.05) is 0 Å². The van der Waals surface area contributed by atoms with Crippen molar-refractivity contribution in [1.29, 1.82) is 0 Å². The summed E-state index contributed by atoms with van der Waals surface area (Å²) in [5.74, 6) is 2.23. The van der Waals surface area contributed by atoms with E-state index < -0.39 is 0 Å². The van der Waals surface area contributed by atoms with Crippen LogP contribution in [-0.4, -0.2) is 31.3 Å². The maximum Gasteiger partial charge on any atom is 0.162 e. The monoisotopic (exact) mass is 401 g/mol. The van der Waals surface area contributed by atoms with Gasteiger partial charge >= 0.3 is 0 Å². The number of rotatable bonds is 5. The molecule has 0 saturated heterocycles. The summed E-state index contributed by atoms with van der Waals surface area (Å²) in [7, 11) is 4.79. The summed E-state index contributed by atoms with van der Waals surface area (Å²) in [6.45, 7) is 0.380. The molecule has 21 heavy (non-hydrogen) atoms. The fraction of sp³-hybridized carbons (Fsp3) is 0.286. The maximum absolute atomic E-state index is 5.95. The van der Waals surface area contributed by atoms with Gasteiger partial charge in [0.25, 0.3) is 0 Å². The first kappa shape index (κ1) is 15.8. The largest absolute Gasteiger partial charge is 0.493 e. The Labute approximate surface area is 136 Å². The van der Waals surface area contributed by atoms with E-state index in [0.717, 1.165) is 14.8 Å². The van der Waals surface area contributed by atoms with Crippen LogP contribution < -0.4 is 15.2 Å². The molecule has 2 aromatic rings. The van der Waals surface area contributed by atoms with Gasteiger partial charge in [-0.3, -0.25) is 0 Å². The molecule has 0 saturated carbocycles. The lowest BCUT2D eigenvalue weighted by Crippen LogP contribution is -2.06. The van der Waals surface area contributed by atoms with Crippen LogP contribution in [0.3, 0.4) is 0 Å². The third kappa shape index (κ3) is 3.35. The number of benzene rings is 1. The number of nitrogens with zero attached hydrogens (tertiary/aromatic N) is 2. The Morgan fingerprint density at radius 1 is 1.10 bits per heavy atom. The van der Waals surface area contributed by atoms with Crippen LogP contribution in [0.2, 0.25) is 0 Å². The summed E-state index contributed by atoms with van der Waals surface area (Å²) in [6, 6.07) is 5.48. The SMILES string of the molecule is COCc1nc(-c2ccc(OC)c(OC)c2)nc(N)c1I. The summed E-state index contributed by atoms with van der Waals surface area (Å²) >= 11 is 2.11. The van der Waals surface area contributed by atoms with Crippen LogP contribution in [0.25, 0.3) is 11.4 Å². The Morgan fingerprint density at radius 3 is 2.43 bits per heavy atom. The smallest absolute Gasteiger partial charge is 0.162 e. The minimum Gasteiger partial charge on any atom is -0.493 e. The van der Waals surface area contributed by atoms with Gasteiger partial charge < -0.3 is 19.9 Å². The standard InChI is InChI=1S/C14H16IN3O3/c1-19-7-9-12(15)13(16)18-14(17-9)8-4-5-10(20-2)11(6-8)21-3/h4-6H,7H2,1-3H3,(H2,16,17,18). The average molecular weight is 401 g/mol. The number of methoxy groups -OCH3 is 3. The zero-order chi connectivity index (χ0) is 15.4. The first-order valence-electron chi connectivity index (χ1n) is 6.14. The molecular weight excluding hydrogens is 385 g/mol. The molecule has 2 rings (SSSR count). The lowest BCUT2D eigenvalue weighted by atomic mass is 10.2. The Bertz CT molecular complexity index is 650. The predicted molar refractivity (Wildman–Crippen MR) is 88.4 cm³/mol. The van der Waals surface area contributed by atoms with Crippen molar-refractivity contribution in [2.45, 2.75) is 6.61 Å². The summed E-state index contributed by atoms with van der Waals surface area (Å²) in [5.41, 5.74) is 7.50. The second-order valence-electron chi connectivity index (χ2n) is 4.20.